The molecular weight excluding hydrogens is 494 g/mol. The van der Waals surface area contributed by atoms with E-state index in [0.29, 0.717) is 0 Å². The van der Waals surface area contributed by atoms with Crippen molar-refractivity contribution >= 4 is 21.8 Å². The Kier molecular flexibility index (Phi) is 5.30. The predicted molar refractivity (Wildman–Crippen MR) is 173 cm³/mol. The first kappa shape index (κ1) is 24.0. The molecule has 0 N–H and O–H groups in total. The van der Waals surface area contributed by atoms with Crippen molar-refractivity contribution in [3.63, 3.8) is 0 Å². The number of hydrogen-bond donors (Lipinski definition) is 0. The zero-order valence-corrected chi connectivity index (χ0v) is 23.4. The van der Waals surface area contributed by atoms with Crippen LogP contribution in [0, 0.1) is 0 Å². The van der Waals surface area contributed by atoms with Gasteiger partial charge in [-0.05, 0) is 81.3 Å². The number of benzene rings is 6. The summed E-state index contributed by atoms with van der Waals surface area (Å²) in [4.78, 5) is 0. The zero-order chi connectivity index (χ0) is 27.6. The van der Waals surface area contributed by atoms with Gasteiger partial charge in [-0.3, -0.25) is 0 Å². The second kappa shape index (κ2) is 9.08. The van der Waals surface area contributed by atoms with Crippen molar-refractivity contribution < 1.29 is 0 Å². The van der Waals surface area contributed by atoms with Gasteiger partial charge in [-0.15, -0.1) is 0 Å². The van der Waals surface area contributed by atoms with Crippen LogP contribution in [0.25, 0.3) is 49.7 Å². The molecule has 1 aliphatic rings. The number of rotatable bonds is 4. The zero-order valence-electron chi connectivity index (χ0n) is 23.4. The van der Waals surface area contributed by atoms with Gasteiger partial charge >= 0.3 is 0 Å². The molecule has 0 atom stereocenters. The summed E-state index contributed by atoms with van der Waals surface area (Å²) in [5.74, 6) is 0. The van der Waals surface area contributed by atoms with Crippen LogP contribution in [0.15, 0.2) is 140 Å². The minimum Gasteiger partial charge on any atom is -0.309 e. The smallest absolute Gasteiger partial charge is 0.0541 e. The first-order chi connectivity index (χ1) is 20.1. The van der Waals surface area contributed by atoms with Gasteiger partial charge in [-0.25, -0.2) is 0 Å². The molecule has 0 bridgehead atoms. The topological polar surface area (TPSA) is 4.93 Å². The van der Waals surface area contributed by atoms with Crippen LogP contribution in [0.2, 0.25) is 0 Å². The van der Waals surface area contributed by atoms with Gasteiger partial charge in [0.1, 0.15) is 0 Å². The lowest BCUT2D eigenvalue weighted by molar-refractivity contribution is 0.659. The van der Waals surface area contributed by atoms with E-state index in [2.05, 4.69) is 158 Å². The van der Waals surface area contributed by atoms with E-state index in [9.17, 15) is 0 Å². The summed E-state index contributed by atoms with van der Waals surface area (Å²) in [7, 11) is 0. The fourth-order valence-electron chi connectivity index (χ4n) is 6.92. The molecule has 0 fully saturated rings. The Morgan fingerprint density at radius 3 is 2.00 bits per heavy atom. The van der Waals surface area contributed by atoms with Crippen LogP contribution in [0.1, 0.15) is 36.1 Å². The molecule has 6 aromatic carbocycles. The average Bonchev–Trinajstić information content (AvgIpc) is 3.46. The SMILES string of the molecule is CC1(C)c2ccccc2-c2ccc(Cc3ccc(-c4ccc5c(c4)c4ccccc4n5-c4ccccc4)cc3)cc21. The Hall–Kier alpha value is -4.88. The summed E-state index contributed by atoms with van der Waals surface area (Å²) in [6.45, 7) is 4.70. The molecule has 0 radical (unpaired) electrons. The molecule has 196 valence electrons. The maximum Gasteiger partial charge on any atom is 0.0541 e. The molecule has 1 nitrogen and oxygen atoms in total. The van der Waals surface area contributed by atoms with Crippen LogP contribution in [0.3, 0.4) is 0 Å². The minimum atomic E-state index is 0.0358. The molecule has 8 rings (SSSR count). The molecule has 0 amide bonds. The Morgan fingerprint density at radius 1 is 0.488 bits per heavy atom. The first-order valence-corrected chi connectivity index (χ1v) is 14.5. The Balaban J connectivity index is 1.12. The first-order valence-electron chi connectivity index (χ1n) is 14.5. The molecule has 0 spiro atoms. The van der Waals surface area contributed by atoms with E-state index in [1.165, 1.54) is 72.0 Å². The average molecular weight is 526 g/mol. The molecule has 1 aliphatic carbocycles. The molecule has 1 aromatic heterocycles. The van der Waals surface area contributed by atoms with Crippen LogP contribution in [-0.2, 0) is 11.8 Å². The fourth-order valence-corrected chi connectivity index (χ4v) is 6.92. The lowest BCUT2D eigenvalue weighted by atomic mass is 9.81. The van der Waals surface area contributed by atoms with E-state index in [1.807, 2.05) is 0 Å². The molecule has 1 heteroatoms. The monoisotopic (exact) mass is 525 g/mol. The maximum absolute atomic E-state index is 2.43. The van der Waals surface area contributed by atoms with Crippen LogP contribution >= 0.6 is 0 Å². The van der Waals surface area contributed by atoms with Crippen LogP contribution in [0.4, 0.5) is 0 Å². The lowest BCUT2D eigenvalue weighted by Gasteiger charge is -2.22. The van der Waals surface area contributed by atoms with Crippen molar-refractivity contribution in [2.24, 2.45) is 0 Å². The van der Waals surface area contributed by atoms with E-state index >= 15 is 0 Å². The lowest BCUT2D eigenvalue weighted by Crippen LogP contribution is -2.15. The van der Waals surface area contributed by atoms with Gasteiger partial charge < -0.3 is 4.57 Å². The highest BCUT2D eigenvalue weighted by Crippen LogP contribution is 2.48. The second-order valence-corrected chi connectivity index (χ2v) is 11.8. The van der Waals surface area contributed by atoms with Crippen molar-refractivity contribution in [2.45, 2.75) is 25.7 Å². The van der Waals surface area contributed by atoms with Crippen molar-refractivity contribution in [3.05, 3.63) is 162 Å². The standard InChI is InChI=1S/C40H31N/c1-40(2)36-14-8-6-12-32(36)33-22-18-28(25-37(33)40)24-27-16-19-29(20-17-27)30-21-23-39-35(26-30)34-13-7-9-15-38(34)41(39)31-10-4-3-5-11-31/h3-23,25-26H,24H2,1-2H3. The molecule has 1 heterocycles. The summed E-state index contributed by atoms with van der Waals surface area (Å²) in [6.07, 6.45) is 0.934. The predicted octanol–water partition coefficient (Wildman–Crippen LogP) is 10.3. The number of hydrogen-bond acceptors (Lipinski definition) is 0. The van der Waals surface area contributed by atoms with Crippen LogP contribution in [-0.4, -0.2) is 4.57 Å². The molecule has 0 unspecified atom stereocenters. The summed E-state index contributed by atoms with van der Waals surface area (Å²) >= 11 is 0. The summed E-state index contributed by atoms with van der Waals surface area (Å²) in [5, 5.41) is 2.57. The third-order valence-electron chi connectivity index (χ3n) is 9.03. The molecule has 0 saturated heterocycles. The van der Waals surface area contributed by atoms with Gasteiger partial charge in [-0.1, -0.05) is 123 Å². The largest absolute Gasteiger partial charge is 0.309 e. The molecule has 7 aromatic rings. The summed E-state index contributed by atoms with van der Waals surface area (Å²) in [6, 6.07) is 51.3. The molecule has 0 aliphatic heterocycles. The molecular formula is C40H31N. The quantitative estimate of drug-likeness (QED) is 0.215. The normalized spacial score (nSPS) is 13.4. The van der Waals surface area contributed by atoms with E-state index in [0.717, 1.165) is 6.42 Å². The Morgan fingerprint density at radius 2 is 1.15 bits per heavy atom. The van der Waals surface area contributed by atoms with E-state index in [1.54, 1.807) is 0 Å². The highest BCUT2D eigenvalue weighted by Gasteiger charge is 2.35. The highest BCUT2D eigenvalue weighted by molar-refractivity contribution is 6.10. The maximum atomic E-state index is 2.43. The number of nitrogens with zero attached hydrogens (tertiary/aromatic N) is 1. The third-order valence-corrected chi connectivity index (χ3v) is 9.03. The number of fused-ring (bicyclic) bond motifs is 6. The van der Waals surface area contributed by atoms with Gasteiger partial charge in [0.25, 0.3) is 0 Å². The molecule has 0 saturated carbocycles. The van der Waals surface area contributed by atoms with Gasteiger partial charge in [0.15, 0.2) is 0 Å². The van der Waals surface area contributed by atoms with Gasteiger partial charge in [0.05, 0.1) is 11.0 Å². The van der Waals surface area contributed by atoms with Crippen LogP contribution in [0.5, 0.6) is 0 Å². The van der Waals surface area contributed by atoms with E-state index < -0.39 is 0 Å². The second-order valence-electron chi connectivity index (χ2n) is 11.8. The molecule has 41 heavy (non-hydrogen) atoms. The highest BCUT2D eigenvalue weighted by atomic mass is 15.0. The van der Waals surface area contributed by atoms with Gasteiger partial charge in [0, 0.05) is 21.9 Å². The van der Waals surface area contributed by atoms with Gasteiger partial charge in [-0.2, -0.15) is 0 Å². The van der Waals surface area contributed by atoms with Gasteiger partial charge in [0.2, 0.25) is 0 Å². The fraction of sp³-hybridized carbons (Fsp3) is 0.100. The summed E-state index contributed by atoms with van der Waals surface area (Å²) in [5.41, 5.74) is 14.5. The minimum absolute atomic E-state index is 0.0358. The summed E-state index contributed by atoms with van der Waals surface area (Å²) < 4.78 is 2.37. The Bertz CT molecular complexity index is 2070. The number of para-hydroxylation sites is 2. The van der Waals surface area contributed by atoms with Crippen molar-refractivity contribution in [2.75, 3.05) is 0 Å². The van der Waals surface area contributed by atoms with Crippen LogP contribution < -0.4 is 0 Å². The number of aromatic nitrogens is 1. The Labute approximate surface area is 241 Å². The van der Waals surface area contributed by atoms with Crippen molar-refractivity contribution in [3.8, 4) is 27.9 Å². The van der Waals surface area contributed by atoms with Crippen molar-refractivity contribution in [1.29, 1.82) is 0 Å². The van der Waals surface area contributed by atoms with E-state index in [4.69, 9.17) is 0 Å². The van der Waals surface area contributed by atoms with E-state index in [-0.39, 0.29) is 5.41 Å². The third kappa shape index (κ3) is 3.77. The van der Waals surface area contributed by atoms with Crippen molar-refractivity contribution in [1.82, 2.24) is 4.57 Å².